The summed E-state index contributed by atoms with van der Waals surface area (Å²) in [6.07, 6.45) is 3.67. The van der Waals surface area contributed by atoms with Crippen LogP contribution >= 0.6 is 0 Å². The van der Waals surface area contributed by atoms with Gasteiger partial charge in [-0.25, -0.2) is 4.79 Å². The number of rotatable bonds is 4. The van der Waals surface area contributed by atoms with E-state index in [0.717, 1.165) is 5.56 Å². The van der Waals surface area contributed by atoms with Gasteiger partial charge in [0.1, 0.15) is 0 Å². The first kappa shape index (κ1) is 12.8. The van der Waals surface area contributed by atoms with E-state index in [2.05, 4.69) is 10.6 Å². The van der Waals surface area contributed by atoms with Crippen LogP contribution in [0.3, 0.4) is 0 Å². The predicted octanol–water partition coefficient (Wildman–Crippen LogP) is 1.33. The molecular weight excluding hydrogens is 218 g/mol. The predicted molar refractivity (Wildman–Crippen MR) is 67.4 cm³/mol. The Bertz CT molecular complexity index is 441. The fourth-order valence-corrected chi connectivity index (χ4v) is 1.26. The average molecular weight is 233 g/mol. The summed E-state index contributed by atoms with van der Waals surface area (Å²) >= 11 is 0. The molecule has 0 aliphatic carbocycles. The number of nitrogens with one attached hydrogen (secondary N) is 2. The molecule has 1 aromatic carbocycles. The summed E-state index contributed by atoms with van der Waals surface area (Å²) in [6.45, 7) is 1.94. The Morgan fingerprint density at radius 2 is 2.18 bits per heavy atom. The van der Waals surface area contributed by atoms with Crippen LogP contribution in [0.15, 0.2) is 30.3 Å². The number of carbonyl (C=O) groups excluding carboxylic acids is 2. The summed E-state index contributed by atoms with van der Waals surface area (Å²) < 4.78 is 0. The van der Waals surface area contributed by atoms with Gasteiger partial charge in [-0.1, -0.05) is 24.3 Å². The summed E-state index contributed by atoms with van der Waals surface area (Å²) in [6, 6.07) is 6.63. The standard InChI is InChI=1S/C12H15N3O2/c1-9(16)14-7-3-5-10-4-2-6-11(8-10)15-12(13)17/h2-6,8H,7H2,1H3,(H,14,16)(H3,13,15,17). The third-order valence-corrected chi connectivity index (χ3v) is 1.93. The molecule has 0 aromatic heterocycles. The monoisotopic (exact) mass is 233 g/mol. The van der Waals surface area contributed by atoms with Crippen LogP contribution in [-0.2, 0) is 4.79 Å². The summed E-state index contributed by atoms with van der Waals surface area (Å²) in [5.41, 5.74) is 6.57. The van der Waals surface area contributed by atoms with Gasteiger partial charge >= 0.3 is 6.03 Å². The Balaban J connectivity index is 2.59. The van der Waals surface area contributed by atoms with E-state index in [1.807, 2.05) is 24.3 Å². The van der Waals surface area contributed by atoms with Crippen molar-refractivity contribution in [2.24, 2.45) is 5.73 Å². The van der Waals surface area contributed by atoms with Crippen molar-refractivity contribution >= 4 is 23.7 Å². The van der Waals surface area contributed by atoms with Gasteiger partial charge in [0, 0.05) is 19.2 Å². The molecule has 0 heterocycles. The molecular formula is C12H15N3O2. The third-order valence-electron chi connectivity index (χ3n) is 1.93. The van der Waals surface area contributed by atoms with Crippen LogP contribution in [-0.4, -0.2) is 18.5 Å². The van der Waals surface area contributed by atoms with Crippen molar-refractivity contribution in [1.82, 2.24) is 5.32 Å². The molecule has 0 atom stereocenters. The van der Waals surface area contributed by atoms with Gasteiger partial charge < -0.3 is 16.4 Å². The molecule has 0 fully saturated rings. The maximum absolute atomic E-state index is 10.7. The molecule has 1 aromatic rings. The molecule has 0 aliphatic heterocycles. The molecule has 0 saturated carbocycles. The van der Waals surface area contributed by atoms with Gasteiger partial charge in [-0.05, 0) is 17.7 Å². The van der Waals surface area contributed by atoms with E-state index in [1.54, 1.807) is 12.1 Å². The Morgan fingerprint density at radius 3 is 2.82 bits per heavy atom. The number of anilines is 1. The lowest BCUT2D eigenvalue weighted by Crippen LogP contribution is -2.19. The Hall–Kier alpha value is -2.30. The highest BCUT2D eigenvalue weighted by atomic mass is 16.2. The average Bonchev–Trinajstić information content (AvgIpc) is 2.24. The van der Waals surface area contributed by atoms with Gasteiger partial charge in [0.15, 0.2) is 0 Å². The highest BCUT2D eigenvalue weighted by molar-refractivity contribution is 5.88. The largest absolute Gasteiger partial charge is 0.353 e. The zero-order chi connectivity index (χ0) is 12.7. The number of carbonyl (C=O) groups is 2. The Morgan fingerprint density at radius 1 is 1.41 bits per heavy atom. The lowest BCUT2D eigenvalue weighted by Gasteiger charge is -2.02. The van der Waals surface area contributed by atoms with Gasteiger partial charge in [0.2, 0.25) is 5.91 Å². The van der Waals surface area contributed by atoms with Gasteiger partial charge in [-0.15, -0.1) is 0 Å². The van der Waals surface area contributed by atoms with Crippen LogP contribution in [0, 0.1) is 0 Å². The van der Waals surface area contributed by atoms with E-state index in [9.17, 15) is 9.59 Å². The number of nitrogens with two attached hydrogens (primary N) is 1. The highest BCUT2D eigenvalue weighted by Gasteiger charge is 1.95. The summed E-state index contributed by atoms with van der Waals surface area (Å²) in [5, 5.41) is 5.14. The molecule has 0 spiro atoms. The molecule has 0 radical (unpaired) electrons. The van der Waals surface area contributed by atoms with Crippen LogP contribution in [0.1, 0.15) is 12.5 Å². The summed E-state index contributed by atoms with van der Waals surface area (Å²) in [5.74, 6) is -0.0706. The molecule has 5 heteroatoms. The van der Waals surface area contributed by atoms with Crippen molar-refractivity contribution in [1.29, 1.82) is 0 Å². The highest BCUT2D eigenvalue weighted by Crippen LogP contribution is 2.11. The van der Waals surface area contributed by atoms with Gasteiger partial charge in [0.05, 0.1) is 0 Å². The minimum atomic E-state index is -0.593. The number of hydrogen-bond donors (Lipinski definition) is 3. The normalized spacial score (nSPS) is 10.2. The lowest BCUT2D eigenvalue weighted by molar-refractivity contribution is -0.118. The van der Waals surface area contributed by atoms with Crippen LogP contribution in [0.4, 0.5) is 10.5 Å². The second-order valence-electron chi connectivity index (χ2n) is 3.45. The molecule has 3 amide bonds. The maximum Gasteiger partial charge on any atom is 0.316 e. The second kappa shape index (κ2) is 6.32. The van der Waals surface area contributed by atoms with E-state index in [4.69, 9.17) is 5.73 Å². The molecule has 90 valence electrons. The molecule has 4 N–H and O–H groups in total. The first-order valence-electron chi connectivity index (χ1n) is 5.15. The SMILES string of the molecule is CC(=O)NCC=Cc1cccc(NC(N)=O)c1. The number of hydrogen-bond acceptors (Lipinski definition) is 2. The molecule has 0 saturated heterocycles. The van der Waals surface area contributed by atoms with E-state index >= 15 is 0 Å². The van der Waals surface area contributed by atoms with Crippen molar-refractivity contribution in [3.05, 3.63) is 35.9 Å². The second-order valence-corrected chi connectivity index (χ2v) is 3.45. The van der Waals surface area contributed by atoms with Crippen molar-refractivity contribution in [3.63, 3.8) is 0 Å². The van der Waals surface area contributed by atoms with Crippen LogP contribution in [0.5, 0.6) is 0 Å². The molecule has 1 rings (SSSR count). The summed E-state index contributed by atoms with van der Waals surface area (Å²) in [4.78, 5) is 21.3. The lowest BCUT2D eigenvalue weighted by atomic mass is 10.2. The van der Waals surface area contributed by atoms with Crippen LogP contribution in [0.2, 0.25) is 0 Å². The zero-order valence-electron chi connectivity index (χ0n) is 9.57. The van der Waals surface area contributed by atoms with E-state index in [-0.39, 0.29) is 5.91 Å². The van der Waals surface area contributed by atoms with E-state index in [1.165, 1.54) is 6.92 Å². The van der Waals surface area contributed by atoms with Crippen LogP contribution < -0.4 is 16.4 Å². The third kappa shape index (κ3) is 5.36. The van der Waals surface area contributed by atoms with Gasteiger partial charge in [-0.2, -0.15) is 0 Å². The minimum Gasteiger partial charge on any atom is -0.353 e. The van der Waals surface area contributed by atoms with Crippen molar-refractivity contribution < 1.29 is 9.59 Å². The van der Waals surface area contributed by atoms with Crippen molar-refractivity contribution in [3.8, 4) is 0 Å². The van der Waals surface area contributed by atoms with Crippen molar-refractivity contribution in [2.45, 2.75) is 6.92 Å². The molecule has 17 heavy (non-hydrogen) atoms. The Labute approximate surface area is 99.7 Å². The van der Waals surface area contributed by atoms with Gasteiger partial charge in [-0.3, -0.25) is 4.79 Å². The molecule has 0 bridgehead atoms. The molecule has 0 unspecified atom stereocenters. The minimum absolute atomic E-state index is 0.0706. The molecule has 5 nitrogen and oxygen atoms in total. The first-order valence-corrected chi connectivity index (χ1v) is 5.15. The number of amides is 3. The fourth-order valence-electron chi connectivity index (χ4n) is 1.26. The molecule has 0 aliphatic rings. The maximum atomic E-state index is 10.7. The summed E-state index contributed by atoms with van der Waals surface area (Å²) in [7, 11) is 0. The number of benzene rings is 1. The topological polar surface area (TPSA) is 84.2 Å². The van der Waals surface area contributed by atoms with Crippen molar-refractivity contribution in [2.75, 3.05) is 11.9 Å². The quantitative estimate of drug-likeness (QED) is 0.732. The van der Waals surface area contributed by atoms with Crippen LogP contribution in [0.25, 0.3) is 6.08 Å². The van der Waals surface area contributed by atoms with E-state index < -0.39 is 6.03 Å². The Kier molecular flexibility index (Phi) is 4.75. The fraction of sp³-hybridized carbons (Fsp3) is 0.167. The zero-order valence-corrected chi connectivity index (χ0v) is 9.57. The number of primary amides is 1. The van der Waals surface area contributed by atoms with Gasteiger partial charge in [0.25, 0.3) is 0 Å². The smallest absolute Gasteiger partial charge is 0.316 e. The first-order chi connectivity index (χ1) is 8.08. The number of urea groups is 1. The van der Waals surface area contributed by atoms with E-state index in [0.29, 0.717) is 12.2 Å².